The molecule has 2 amide bonds. The van der Waals surface area contributed by atoms with E-state index in [1.807, 2.05) is 0 Å². The monoisotopic (exact) mass is 246 g/mol. The van der Waals surface area contributed by atoms with Crippen LogP contribution in [-0.2, 0) is 0 Å². The molecular weight excluding hydrogens is 232 g/mol. The van der Waals surface area contributed by atoms with Gasteiger partial charge in [0.25, 0.3) is 0 Å². The summed E-state index contributed by atoms with van der Waals surface area (Å²) in [6.07, 6.45) is 5.52. The summed E-state index contributed by atoms with van der Waals surface area (Å²) < 4.78 is 0. The smallest absolute Gasteiger partial charge is 0.335 e. The van der Waals surface area contributed by atoms with Gasteiger partial charge < -0.3 is 15.7 Å². The molecule has 5 nitrogen and oxygen atoms in total. The third-order valence-corrected chi connectivity index (χ3v) is 2.27. The lowest BCUT2D eigenvalue weighted by Crippen LogP contribution is -2.29. The Kier molecular flexibility index (Phi) is 4.76. The maximum absolute atomic E-state index is 11.4. The number of nitrogens with one attached hydrogen (secondary N) is 2. The van der Waals surface area contributed by atoms with E-state index >= 15 is 0 Å². The Morgan fingerprint density at radius 1 is 1.44 bits per heavy atom. The van der Waals surface area contributed by atoms with Crippen LogP contribution in [0.2, 0.25) is 0 Å². The van der Waals surface area contributed by atoms with E-state index in [1.165, 1.54) is 12.1 Å². The predicted octanol–water partition coefficient (Wildman–Crippen LogP) is 1.84. The van der Waals surface area contributed by atoms with Crippen LogP contribution in [0.1, 0.15) is 22.3 Å². The van der Waals surface area contributed by atoms with Crippen molar-refractivity contribution in [2.24, 2.45) is 0 Å². The average molecular weight is 246 g/mol. The molecule has 0 saturated heterocycles. The van der Waals surface area contributed by atoms with E-state index in [-0.39, 0.29) is 11.6 Å². The SMILES string of the molecule is C#CCCNC(=O)Nc1ccc(C(=O)O)c(C)c1. The summed E-state index contributed by atoms with van der Waals surface area (Å²) in [5, 5.41) is 14.0. The molecule has 1 aromatic carbocycles. The number of aryl methyl sites for hydroxylation is 1. The molecule has 18 heavy (non-hydrogen) atoms. The summed E-state index contributed by atoms with van der Waals surface area (Å²) >= 11 is 0. The van der Waals surface area contributed by atoms with E-state index in [2.05, 4.69) is 16.6 Å². The summed E-state index contributed by atoms with van der Waals surface area (Å²) in [7, 11) is 0. The normalized spacial score (nSPS) is 9.33. The number of rotatable bonds is 4. The topological polar surface area (TPSA) is 78.4 Å². The molecule has 0 bridgehead atoms. The van der Waals surface area contributed by atoms with Gasteiger partial charge in [0.2, 0.25) is 0 Å². The van der Waals surface area contributed by atoms with Gasteiger partial charge in [-0.2, -0.15) is 0 Å². The average Bonchev–Trinajstić information content (AvgIpc) is 2.28. The molecule has 94 valence electrons. The highest BCUT2D eigenvalue weighted by Crippen LogP contribution is 2.15. The predicted molar refractivity (Wildman–Crippen MR) is 68.6 cm³/mol. The first-order valence-electron chi connectivity index (χ1n) is 5.37. The van der Waals surface area contributed by atoms with Crippen molar-refractivity contribution in [2.45, 2.75) is 13.3 Å². The second-order valence-electron chi connectivity index (χ2n) is 3.67. The van der Waals surface area contributed by atoms with Gasteiger partial charge in [-0.1, -0.05) is 0 Å². The van der Waals surface area contributed by atoms with Crippen LogP contribution in [-0.4, -0.2) is 23.7 Å². The van der Waals surface area contributed by atoms with Crippen LogP contribution < -0.4 is 10.6 Å². The number of aromatic carboxylic acids is 1. The Morgan fingerprint density at radius 3 is 2.72 bits per heavy atom. The van der Waals surface area contributed by atoms with Crippen molar-refractivity contribution >= 4 is 17.7 Å². The molecule has 0 aliphatic carbocycles. The van der Waals surface area contributed by atoms with Crippen molar-refractivity contribution in [2.75, 3.05) is 11.9 Å². The van der Waals surface area contributed by atoms with Gasteiger partial charge in [0.15, 0.2) is 0 Å². The highest BCUT2D eigenvalue weighted by Gasteiger charge is 2.08. The minimum absolute atomic E-state index is 0.216. The van der Waals surface area contributed by atoms with Crippen LogP contribution in [0.25, 0.3) is 0 Å². The van der Waals surface area contributed by atoms with Gasteiger partial charge in [-0.05, 0) is 30.7 Å². The summed E-state index contributed by atoms with van der Waals surface area (Å²) in [4.78, 5) is 22.2. The van der Waals surface area contributed by atoms with Gasteiger partial charge in [0.1, 0.15) is 0 Å². The molecule has 0 radical (unpaired) electrons. The number of benzene rings is 1. The number of terminal acetylenes is 1. The van der Waals surface area contributed by atoms with Crippen molar-refractivity contribution in [3.8, 4) is 12.3 Å². The van der Waals surface area contributed by atoms with Crippen LogP contribution in [0.4, 0.5) is 10.5 Å². The van der Waals surface area contributed by atoms with Crippen LogP contribution in [0, 0.1) is 19.3 Å². The number of carbonyl (C=O) groups excluding carboxylic acids is 1. The molecular formula is C13H14N2O3. The van der Waals surface area contributed by atoms with Gasteiger partial charge >= 0.3 is 12.0 Å². The van der Waals surface area contributed by atoms with E-state index < -0.39 is 5.97 Å². The molecule has 1 rings (SSSR count). The van der Waals surface area contributed by atoms with Crippen molar-refractivity contribution in [3.05, 3.63) is 29.3 Å². The van der Waals surface area contributed by atoms with Gasteiger partial charge in [-0.25, -0.2) is 9.59 Å². The number of hydrogen-bond donors (Lipinski definition) is 3. The number of carboxylic acid groups (broad SMARTS) is 1. The zero-order chi connectivity index (χ0) is 13.5. The number of carbonyl (C=O) groups is 2. The Labute approximate surface area is 105 Å². The van der Waals surface area contributed by atoms with Gasteiger partial charge in [0, 0.05) is 18.7 Å². The Hall–Kier alpha value is -2.48. The second-order valence-corrected chi connectivity index (χ2v) is 3.67. The van der Waals surface area contributed by atoms with Gasteiger partial charge in [-0.3, -0.25) is 0 Å². The maximum Gasteiger partial charge on any atom is 0.335 e. The lowest BCUT2D eigenvalue weighted by Gasteiger charge is -2.08. The molecule has 0 heterocycles. The Balaban J connectivity index is 2.64. The largest absolute Gasteiger partial charge is 0.478 e. The lowest BCUT2D eigenvalue weighted by atomic mass is 10.1. The molecule has 1 aromatic rings. The van der Waals surface area contributed by atoms with Crippen LogP contribution >= 0.6 is 0 Å². The van der Waals surface area contributed by atoms with E-state index in [4.69, 9.17) is 11.5 Å². The summed E-state index contributed by atoms with van der Waals surface area (Å²) in [5.74, 6) is 1.42. The van der Waals surface area contributed by atoms with E-state index in [1.54, 1.807) is 13.0 Å². The quantitative estimate of drug-likeness (QED) is 0.560. The molecule has 0 aromatic heterocycles. The third-order valence-electron chi connectivity index (χ3n) is 2.27. The van der Waals surface area contributed by atoms with Crippen molar-refractivity contribution in [1.29, 1.82) is 0 Å². The van der Waals surface area contributed by atoms with E-state index in [0.29, 0.717) is 24.2 Å². The fourth-order valence-electron chi connectivity index (χ4n) is 1.40. The number of amides is 2. The first-order chi connectivity index (χ1) is 8.54. The van der Waals surface area contributed by atoms with Crippen LogP contribution in [0.3, 0.4) is 0 Å². The molecule has 0 aliphatic heterocycles. The van der Waals surface area contributed by atoms with Crippen molar-refractivity contribution < 1.29 is 14.7 Å². The van der Waals surface area contributed by atoms with Crippen molar-refractivity contribution in [3.63, 3.8) is 0 Å². The molecule has 0 saturated carbocycles. The number of urea groups is 1. The molecule has 3 N–H and O–H groups in total. The van der Waals surface area contributed by atoms with Crippen molar-refractivity contribution in [1.82, 2.24) is 5.32 Å². The number of hydrogen-bond acceptors (Lipinski definition) is 2. The van der Waals surface area contributed by atoms with Crippen LogP contribution in [0.5, 0.6) is 0 Å². The lowest BCUT2D eigenvalue weighted by molar-refractivity contribution is 0.0696. The minimum atomic E-state index is -0.988. The highest BCUT2D eigenvalue weighted by molar-refractivity contribution is 5.92. The fraction of sp³-hybridized carbons (Fsp3) is 0.231. The van der Waals surface area contributed by atoms with Gasteiger partial charge in [-0.15, -0.1) is 12.3 Å². The van der Waals surface area contributed by atoms with Crippen LogP contribution in [0.15, 0.2) is 18.2 Å². The standard InChI is InChI=1S/C13H14N2O3/c1-3-4-7-14-13(18)15-10-5-6-11(12(16)17)9(2)8-10/h1,5-6,8H,4,7H2,2H3,(H,16,17)(H2,14,15,18). The molecule has 0 unspecified atom stereocenters. The summed E-state index contributed by atoms with van der Waals surface area (Å²) in [6, 6.07) is 4.23. The molecule has 0 aliphatic rings. The van der Waals surface area contributed by atoms with Gasteiger partial charge in [0.05, 0.1) is 5.56 Å². The zero-order valence-corrected chi connectivity index (χ0v) is 9.99. The first-order valence-corrected chi connectivity index (χ1v) is 5.37. The highest BCUT2D eigenvalue weighted by atomic mass is 16.4. The Bertz CT molecular complexity index is 503. The zero-order valence-electron chi connectivity index (χ0n) is 9.99. The van der Waals surface area contributed by atoms with E-state index in [9.17, 15) is 9.59 Å². The molecule has 0 atom stereocenters. The second kappa shape index (κ2) is 6.30. The minimum Gasteiger partial charge on any atom is -0.478 e. The third kappa shape index (κ3) is 3.83. The molecule has 0 spiro atoms. The fourth-order valence-corrected chi connectivity index (χ4v) is 1.40. The maximum atomic E-state index is 11.4. The molecule has 5 heteroatoms. The first kappa shape index (κ1) is 13.6. The summed E-state index contributed by atoms with van der Waals surface area (Å²) in [6.45, 7) is 2.07. The number of carboxylic acids is 1. The molecule has 0 fully saturated rings. The van der Waals surface area contributed by atoms with E-state index in [0.717, 1.165) is 0 Å². The number of anilines is 1. The summed E-state index contributed by atoms with van der Waals surface area (Å²) in [5.41, 5.74) is 1.34. The Morgan fingerprint density at radius 2 is 2.17 bits per heavy atom.